The molecule has 112 valence electrons. The van der Waals surface area contributed by atoms with Crippen LogP contribution in [0.4, 0.5) is 4.79 Å². The van der Waals surface area contributed by atoms with Gasteiger partial charge in [-0.3, -0.25) is 14.5 Å². The Balaban J connectivity index is 1.61. The molecular formula is C12H11N7O3. The normalized spacial score (nSPS) is 19.9. The smallest absolute Gasteiger partial charge is 0.349 e. The van der Waals surface area contributed by atoms with Gasteiger partial charge in [0.2, 0.25) is 5.91 Å². The molecule has 2 aliphatic rings. The molecule has 0 fully saturated rings. The molecule has 22 heavy (non-hydrogen) atoms. The minimum absolute atomic E-state index is 0.0199. The quantitative estimate of drug-likeness (QED) is 0.747. The molecule has 1 unspecified atom stereocenters. The van der Waals surface area contributed by atoms with Gasteiger partial charge < -0.3 is 5.32 Å². The highest BCUT2D eigenvalue weighted by Crippen LogP contribution is 2.18. The van der Waals surface area contributed by atoms with E-state index < -0.39 is 23.8 Å². The maximum atomic E-state index is 12.2. The topological polar surface area (TPSA) is 133 Å². The van der Waals surface area contributed by atoms with Gasteiger partial charge in [-0.1, -0.05) is 6.08 Å². The zero-order valence-corrected chi connectivity index (χ0v) is 11.3. The fraction of sp³-hybridized carbons (Fsp3) is 0.250. The van der Waals surface area contributed by atoms with Crippen LogP contribution in [0.15, 0.2) is 28.3 Å². The lowest BCUT2D eigenvalue weighted by molar-refractivity contribution is -0.129. The highest BCUT2D eigenvalue weighted by Gasteiger charge is 2.36. The number of H-pyrrole nitrogens is 1. The Morgan fingerprint density at radius 1 is 1.41 bits per heavy atom. The molecule has 3 heterocycles. The summed E-state index contributed by atoms with van der Waals surface area (Å²) in [5, 5.41) is 12.0. The average molecular weight is 301 g/mol. The van der Waals surface area contributed by atoms with Gasteiger partial charge in [0.05, 0.1) is 6.20 Å². The fourth-order valence-electron chi connectivity index (χ4n) is 2.05. The van der Waals surface area contributed by atoms with Crippen molar-refractivity contribution < 1.29 is 14.4 Å². The Morgan fingerprint density at radius 3 is 3.05 bits per heavy atom. The molecule has 2 aliphatic heterocycles. The van der Waals surface area contributed by atoms with Crippen LogP contribution < -0.4 is 5.32 Å². The van der Waals surface area contributed by atoms with Crippen molar-refractivity contribution in [1.29, 1.82) is 0 Å². The lowest BCUT2D eigenvalue weighted by atomic mass is 10.0. The maximum Gasteiger partial charge on any atom is 0.352 e. The van der Waals surface area contributed by atoms with Crippen LogP contribution in [0.5, 0.6) is 0 Å². The molecular weight excluding hydrogens is 290 g/mol. The molecule has 2 N–H and O–H groups in total. The standard InChI is InChI=1S/C12H11N7O3/c20-10(8-6-15-18-17-8)14-4-5-19-11(21)7-2-1-3-13-9(7)16-12(19)22/h1-3,6-7H,4-5H2,(H,14,20)(H,15,17,18). The van der Waals surface area contributed by atoms with Crippen molar-refractivity contribution in [2.75, 3.05) is 13.1 Å². The molecule has 10 heteroatoms. The number of aromatic nitrogens is 3. The minimum Gasteiger partial charge on any atom is -0.349 e. The van der Waals surface area contributed by atoms with Crippen molar-refractivity contribution in [3.63, 3.8) is 0 Å². The van der Waals surface area contributed by atoms with Crippen LogP contribution in [0.25, 0.3) is 0 Å². The predicted octanol–water partition coefficient (Wildman–Crippen LogP) is -0.848. The first kappa shape index (κ1) is 13.8. The van der Waals surface area contributed by atoms with Crippen LogP contribution in [-0.4, -0.2) is 63.3 Å². The molecule has 3 rings (SSSR count). The molecule has 0 bridgehead atoms. The molecule has 0 saturated carbocycles. The highest BCUT2D eigenvalue weighted by molar-refractivity contribution is 6.19. The molecule has 0 aliphatic carbocycles. The molecule has 0 aromatic carbocycles. The Bertz CT molecular complexity index is 704. The van der Waals surface area contributed by atoms with Crippen molar-refractivity contribution in [2.45, 2.75) is 0 Å². The lowest BCUT2D eigenvalue weighted by Gasteiger charge is -2.27. The number of urea groups is 1. The number of nitrogens with one attached hydrogen (secondary N) is 2. The molecule has 1 aromatic rings. The van der Waals surface area contributed by atoms with E-state index >= 15 is 0 Å². The van der Waals surface area contributed by atoms with E-state index in [1.165, 1.54) is 12.4 Å². The number of fused-ring (bicyclic) bond motifs is 1. The second-order valence-electron chi connectivity index (χ2n) is 4.49. The van der Waals surface area contributed by atoms with Gasteiger partial charge in [0.1, 0.15) is 11.8 Å². The summed E-state index contributed by atoms with van der Waals surface area (Å²) in [4.78, 5) is 44.4. The maximum absolute atomic E-state index is 12.2. The van der Waals surface area contributed by atoms with Crippen molar-refractivity contribution in [1.82, 2.24) is 25.6 Å². The monoisotopic (exact) mass is 301 g/mol. The van der Waals surface area contributed by atoms with Gasteiger partial charge in [-0.05, 0) is 6.08 Å². The largest absolute Gasteiger partial charge is 0.352 e. The minimum atomic E-state index is -0.681. The fourth-order valence-corrected chi connectivity index (χ4v) is 2.05. The SMILES string of the molecule is O=C(NCCN1C(=O)N=C2N=CC=CC2C1=O)c1cn[nH]n1. The van der Waals surface area contributed by atoms with Gasteiger partial charge in [0, 0.05) is 19.3 Å². The summed E-state index contributed by atoms with van der Waals surface area (Å²) in [5.74, 6) is -1.30. The Kier molecular flexibility index (Phi) is 3.56. The number of carbonyl (C=O) groups is 3. The molecule has 10 nitrogen and oxygen atoms in total. The molecule has 4 amide bonds. The lowest BCUT2D eigenvalue weighted by Crippen LogP contribution is -2.48. The van der Waals surface area contributed by atoms with E-state index in [2.05, 4.69) is 30.7 Å². The Hall–Kier alpha value is -3.17. The van der Waals surface area contributed by atoms with E-state index in [0.717, 1.165) is 4.90 Å². The zero-order valence-electron chi connectivity index (χ0n) is 11.3. The summed E-state index contributed by atoms with van der Waals surface area (Å²) in [5.41, 5.74) is 0.126. The first-order valence-electron chi connectivity index (χ1n) is 6.45. The van der Waals surface area contributed by atoms with Gasteiger partial charge in [-0.25, -0.2) is 9.79 Å². The van der Waals surface area contributed by atoms with Gasteiger partial charge in [-0.15, -0.1) is 0 Å². The van der Waals surface area contributed by atoms with Crippen molar-refractivity contribution in [3.8, 4) is 0 Å². The summed E-state index contributed by atoms with van der Waals surface area (Å²) in [6.07, 6.45) is 6.00. The van der Waals surface area contributed by atoms with Gasteiger partial charge in [0.25, 0.3) is 5.91 Å². The summed E-state index contributed by atoms with van der Waals surface area (Å²) in [6, 6.07) is -0.681. The third kappa shape index (κ3) is 2.53. The number of aromatic amines is 1. The number of imide groups is 1. The summed E-state index contributed by atoms with van der Waals surface area (Å²) >= 11 is 0. The van der Waals surface area contributed by atoms with E-state index in [1.807, 2.05) is 0 Å². The van der Waals surface area contributed by atoms with Crippen molar-refractivity contribution in [3.05, 3.63) is 24.0 Å². The second kappa shape index (κ2) is 5.68. The average Bonchev–Trinajstić information content (AvgIpc) is 3.05. The third-order valence-corrected chi connectivity index (χ3v) is 3.12. The van der Waals surface area contributed by atoms with Gasteiger partial charge in [-0.2, -0.15) is 20.4 Å². The first-order valence-corrected chi connectivity index (χ1v) is 6.45. The van der Waals surface area contributed by atoms with Crippen LogP contribution in [0, 0.1) is 5.92 Å². The van der Waals surface area contributed by atoms with Crippen LogP contribution >= 0.6 is 0 Å². The molecule has 0 saturated heterocycles. The van der Waals surface area contributed by atoms with Crippen LogP contribution in [0.2, 0.25) is 0 Å². The van der Waals surface area contributed by atoms with Crippen LogP contribution in [0.1, 0.15) is 10.5 Å². The molecule has 1 atom stereocenters. The van der Waals surface area contributed by atoms with E-state index in [9.17, 15) is 14.4 Å². The number of nitrogens with zero attached hydrogens (tertiary/aromatic N) is 5. The molecule has 1 aromatic heterocycles. The number of amidine groups is 1. The number of hydrogen-bond acceptors (Lipinski definition) is 6. The van der Waals surface area contributed by atoms with Crippen molar-refractivity contribution in [2.24, 2.45) is 15.9 Å². The van der Waals surface area contributed by atoms with Gasteiger partial charge in [0.15, 0.2) is 5.69 Å². The number of hydrogen-bond donors (Lipinski definition) is 2. The molecule has 0 spiro atoms. The number of dihydropyridines is 1. The number of amides is 4. The van der Waals surface area contributed by atoms with Crippen molar-refractivity contribution >= 4 is 29.9 Å². The Labute approximate surface area is 124 Å². The number of aliphatic imine (C=N–C) groups is 2. The summed E-state index contributed by atoms with van der Waals surface area (Å²) < 4.78 is 0. The van der Waals surface area contributed by atoms with E-state index in [1.54, 1.807) is 12.2 Å². The van der Waals surface area contributed by atoms with Crippen LogP contribution in [0.3, 0.4) is 0 Å². The number of rotatable bonds is 4. The van der Waals surface area contributed by atoms with Crippen LogP contribution in [-0.2, 0) is 4.79 Å². The first-order chi connectivity index (χ1) is 10.7. The molecule has 0 radical (unpaired) electrons. The number of allylic oxidation sites excluding steroid dienone is 1. The van der Waals surface area contributed by atoms with E-state index in [-0.39, 0.29) is 24.6 Å². The third-order valence-electron chi connectivity index (χ3n) is 3.12. The Morgan fingerprint density at radius 2 is 2.27 bits per heavy atom. The van der Waals surface area contributed by atoms with E-state index in [0.29, 0.717) is 0 Å². The summed E-state index contributed by atoms with van der Waals surface area (Å²) in [7, 11) is 0. The van der Waals surface area contributed by atoms with E-state index in [4.69, 9.17) is 0 Å². The summed E-state index contributed by atoms with van der Waals surface area (Å²) in [6.45, 7) is 0.111. The highest BCUT2D eigenvalue weighted by atomic mass is 16.2. The zero-order chi connectivity index (χ0) is 15.5. The predicted molar refractivity (Wildman–Crippen MR) is 74.4 cm³/mol. The second-order valence-corrected chi connectivity index (χ2v) is 4.49. The van der Waals surface area contributed by atoms with Gasteiger partial charge >= 0.3 is 6.03 Å². The number of carbonyl (C=O) groups excluding carboxylic acids is 3.